The number of hydrogen-bond donors (Lipinski definition) is 1. The standard InChI is InChI=1S/C8H12N4O/c1-12(2)8(13)6-3-4-10-7(5-9)11-6/h3-4H,5,9H2,1-2H3. The van der Waals surface area contributed by atoms with Crippen LogP contribution in [0.2, 0.25) is 0 Å². The van der Waals surface area contributed by atoms with Crippen molar-refractivity contribution in [2.75, 3.05) is 14.1 Å². The van der Waals surface area contributed by atoms with Crippen molar-refractivity contribution in [3.8, 4) is 0 Å². The molecule has 1 heterocycles. The van der Waals surface area contributed by atoms with E-state index in [4.69, 9.17) is 5.73 Å². The smallest absolute Gasteiger partial charge is 0.272 e. The van der Waals surface area contributed by atoms with Gasteiger partial charge in [0.25, 0.3) is 5.91 Å². The second-order valence-corrected chi connectivity index (χ2v) is 2.76. The molecule has 0 fully saturated rings. The molecule has 1 aromatic rings. The maximum absolute atomic E-state index is 11.4. The van der Waals surface area contributed by atoms with Crippen LogP contribution in [-0.4, -0.2) is 34.9 Å². The maximum Gasteiger partial charge on any atom is 0.272 e. The van der Waals surface area contributed by atoms with E-state index in [2.05, 4.69) is 9.97 Å². The van der Waals surface area contributed by atoms with E-state index in [0.717, 1.165) is 0 Å². The second kappa shape index (κ2) is 3.95. The molecule has 5 nitrogen and oxygen atoms in total. The first-order chi connectivity index (χ1) is 6.15. The Hall–Kier alpha value is -1.49. The van der Waals surface area contributed by atoms with Crippen molar-refractivity contribution in [1.82, 2.24) is 14.9 Å². The molecule has 0 aliphatic rings. The molecule has 1 aromatic heterocycles. The molecular weight excluding hydrogens is 168 g/mol. The average Bonchev–Trinajstić information content (AvgIpc) is 2.16. The highest BCUT2D eigenvalue weighted by Gasteiger charge is 2.09. The van der Waals surface area contributed by atoms with Crippen molar-refractivity contribution >= 4 is 5.91 Å². The predicted molar refractivity (Wildman–Crippen MR) is 47.9 cm³/mol. The van der Waals surface area contributed by atoms with E-state index in [0.29, 0.717) is 11.5 Å². The lowest BCUT2D eigenvalue weighted by Crippen LogP contribution is -2.23. The molecule has 0 saturated carbocycles. The summed E-state index contributed by atoms with van der Waals surface area (Å²) in [5, 5.41) is 0. The molecule has 70 valence electrons. The quantitative estimate of drug-likeness (QED) is 0.674. The van der Waals surface area contributed by atoms with Crippen molar-refractivity contribution in [2.24, 2.45) is 5.73 Å². The highest BCUT2D eigenvalue weighted by molar-refractivity contribution is 5.91. The third-order valence-electron chi connectivity index (χ3n) is 1.51. The zero-order valence-electron chi connectivity index (χ0n) is 7.69. The van der Waals surface area contributed by atoms with Crippen LogP contribution < -0.4 is 5.73 Å². The molecule has 1 amide bonds. The van der Waals surface area contributed by atoms with Crippen LogP contribution in [0, 0.1) is 0 Å². The van der Waals surface area contributed by atoms with Crippen molar-refractivity contribution in [1.29, 1.82) is 0 Å². The molecule has 2 N–H and O–H groups in total. The van der Waals surface area contributed by atoms with Gasteiger partial charge in [-0.1, -0.05) is 0 Å². The predicted octanol–water partition coefficient (Wildman–Crippen LogP) is -0.363. The Bertz CT molecular complexity index is 311. The van der Waals surface area contributed by atoms with Gasteiger partial charge in [0.05, 0.1) is 6.54 Å². The lowest BCUT2D eigenvalue weighted by Gasteiger charge is -2.09. The number of rotatable bonds is 2. The Morgan fingerprint density at radius 2 is 2.31 bits per heavy atom. The highest BCUT2D eigenvalue weighted by Crippen LogP contribution is 1.98. The molecule has 5 heteroatoms. The minimum atomic E-state index is -0.142. The van der Waals surface area contributed by atoms with E-state index in [-0.39, 0.29) is 12.5 Å². The summed E-state index contributed by atoms with van der Waals surface area (Å²) >= 11 is 0. The Labute approximate surface area is 76.6 Å². The van der Waals surface area contributed by atoms with Crippen molar-refractivity contribution < 1.29 is 4.79 Å². The van der Waals surface area contributed by atoms with E-state index in [1.165, 1.54) is 11.1 Å². The number of nitrogens with two attached hydrogens (primary N) is 1. The van der Waals surface area contributed by atoms with E-state index >= 15 is 0 Å². The lowest BCUT2D eigenvalue weighted by atomic mass is 10.3. The Morgan fingerprint density at radius 3 is 2.85 bits per heavy atom. The summed E-state index contributed by atoms with van der Waals surface area (Å²) < 4.78 is 0. The van der Waals surface area contributed by atoms with Crippen LogP contribution >= 0.6 is 0 Å². The van der Waals surface area contributed by atoms with Gasteiger partial charge in [-0.05, 0) is 6.07 Å². The summed E-state index contributed by atoms with van der Waals surface area (Å²) in [6, 6.07) is 1.57. The lowest BCUT2D eigenvalue weighted by molar-refractivity contribution is 0.0821. The number of carbonyl (C=O) groups is 1. The molecular formula is C8H12N4O. The summed E-state index contributed by atoms with van der Waals surface area (Å²) in [6.07, 6.45) is 1.53. The molecule has 0 unspecified atom stereocenters. The van der Waals surface area contributed by atoms with Gasteiger partial charge in [-0.3, -0.25) is 4.79 Å². The van der Waals surface area contributed by atoms with Crippen LogP contribution in [0.15, 0.2) is 12.3 Å². The molecule has 0 spiro atoms. The minimum Gasteiger partial charge on any atom is -0.343 e. The SMILES string of the molecule is CN(C)C(=O)c1ccnc(CN)n1. The monoisotopic (exact) mass is 180 g/mol. The largest absolute Gasteiger partial charge is 0.343 e. The number of hydrogen-bond acceptors (Lipinski definition) is 4. The van der Waals surface area contributed by atoms with E-state index in [1.54, 1.807) is 20.2 Å². The fourth-order valence-electron chi connectivity index (χ4n) is 0.846. The van der Waals surface area contributed by atoms with Gasteiger partial charge in [-0.15, -0.1) is 0 Å². The van der Waals surface area contributed by atoms with Gasteiger partial charge in [-0.25, -0.2) is 9.97 Å². The molecule has 1 rings (SSSR count). The molecule has 0 saturated heterocycles. The zero-order chi connectivity index (χ0) is 9.84. The van der Waals surface area contributed by atoms with Gasteiger partial charge in [0.2, 0.25) is 0 Å². The zero-order valence-corrected chi connectivity index (χ0v) is 7.69. The van der Waals surface area contributed by atoms with E-state index in [9.17, 15) is 4.79 Å². The summed E-state index contributed by atoms with van der Waals surface area (Å²) in [4.78, 5) is 20.7. The van der Waals surface area contributed by atoms with Gasteiger partial charge in [0.1, 0.15) is 11.5 Å². The van der Waals surface area contributed by atoms with Crippen molar-refractivity contribution in [3.05, 3.63) is 23.8 Å². The van der Waals surface area contributed by atoms with Crippen molar-refractivity contribution in [3.63, 3.8) is 0 Å². The number of amides is 1. The van der Waals surface area contributed by atoms with Gasteiger partial charge >= 0.3 is 0 Å². The average molecular weight is 180 g/mol. The maximum atomic E-state index is 11.4. The second-order valence-electron chi connectivity index (χ2n) is 2.76. The third-order valence-corrected chi connectivity index (χ3v) is 1.51. The Morgan fingerprint density at radius 1 is 1.62 bits per heavy atom. The number of aromatic nitrogens is 2. The summed E-state index contributed by atoms with van der Waals surface area (Å²) in [7, 11) is 3.35. The summed E-state index contributed by atoms with van der Waals surface area (Å²) in [5.41, 5.74) is 5.72. The van der Waals surface area contributed by atoms with Crippen LogP contribution in [-0.2, 0) is 6.54 Å². The molecule has 0 bridgehead atoms. The van der Waals surface area contributed by atoms with Crippen LogP contribution in [0.25, 0.3) is 0 Å². The normalized spacial score (nSPS) is 9.77. The Balaban J connectivity index is 2.95. The number of carbonyl (C=O) groups excluding carboxylic acids is 1. The van der Waals surface area contributed by atoms with Crippen LogP contribution in [0.5, 0.6) is 0 Å². The molecule has 0 aromatic carbocycles. The summed E-state index contributed by atoms with van der Waals surface area (Å²) in [5.74, 6) is 0.338. The first-order valence-corrected chi connectivity index (χ1v) is 3.88. The van der Waals surface area contributed by atoms with Crippen LogP contribution in [0.3, 0.4) is 0 Å². The fraction of sp³-hybridized carbons (Fsp3) is 0.375. The van der Waals surface area contributed by atoms with Crippen LogP contribution in [0.1, 0.15) is 16.3 Å². The van der Waals surface area contributed by atoms with Crippen molar-refractivity contribution in [2.45, 2.75) is 6.54 Å². The van der Waals surface area contributed by atoms with E-state index < -0.39 is 0 Å². The summed E-state index contributed by atoms with van der Waals surface area (Å²) in [6.45, 7) is 0.245. The molecule has 0 atom stereocenters. The van der Waals surface area contributed by atoms with Gasteiger partial charge in [-0.2, -0.15) is 0 Å². The third kappa shape index (κ3) is 2.22. The first-order valence-electron chi connectivity index (χ1n) is 3.88. The minimum absolute atomic E-state index is 0.142. The Kier molecular flexibility index (Phi) is 2.92. The number of nitrogens with zero attached hydrogens (tertiary/aromatic N) is 3. The van der Waals surface area contributed by atoms with E-state index in [1.807, 2.05) is 0 Å². The van der Waals surface area contributed by atoms with Gasteiger partial charge in [0.15, 0.2) is 0 Å². The molecule has 0 aliphatic carbocycles. The highest BCUT2D eigenvalue weighted by atomic mass is 16.2. The molecule has 0 radical (unpaired) electrons. The topological polar surface area (TPSA) is 72.1 Å². The van der Waals surface area contributed by atoms with Gasteiger partial charge < -0.3 is 10.6 Å². The fourth-order valence-corrected chi connectivity index (χ4v) is 0.846. The first kappa shape index (κ1) is 9.60. The van der Waals surface area contributed by atoms with Crippen LogP contribution in [0.4, 0.5) is 0 Å². The molecule has 13 heavy (non-hydrogen) atoms. The van der Waals surface area contributed by atoms with Gasteiger partial charge in [0, 0.05) is 20.3 Å². The molecule has 0 aliphatic heterocycles.